The molecule has 0 bridgehead atoms. The van der Waals surface area contributed by atoms with Gasteiger partial charge in [-0.15, -0.1) is 11.3 Å². The third-order valence-corrected chi connectivity index (χ3v) is 4.54. The van der Waals surface area contributed by atoms with E-state index >= 15 is 0 Å². The highest BCUT2D eigenvalue weighted by atomic mass is 79.9. The van der Waals surface area contributed by atoms with Gasteiger partial charge in [0.2, 0.25) is 0 Å². The molecule has 0 atom stereocenters. The molecule has 0 aliphatic heterocycles. The predicted molar refractivity (Wildman–Crippen MR) is 77.4 cm³/mol. The summed E-state index contributed by atoms with van der Waals surface area (Å²) >= 11 is 4.84. The number of hydrogen-bond acceptors (Lipinski definition) is 4. The van der Waals surface area contributed by atoms with Gasteiger partial charge in [0.1, 0.15) is 0 Å². The zero-order valence-electron chi connectivity index (χ0n) is 9.98. The molecule has 0 saturated carbocycles. The second kappa shape index (κ2) is 6.27. The molecular weight excluding hydrogens is 354 g/mol. The molecule has 2 aromatic rings. The van der Waals surface area contributed by atoms with E-state index in [9.17, 15) is 18.9 Å². The minimum Gasteiger partial charge on any atom is -0.380 e. The van der Waals surface area contributed by atoms with Crippen LogP contribution in [0.1, 0.15) is 16.9 Å². The molecule has 0 amide bonds. The lowest BCUT2D eigenvalue weighted by molar-refractivity contribution is -0.385. The Kier molecular flexibility index (Phi) is 4.66. The zero-order chi connectivity index (χ0) is 14.7. The summed E-state index contributed by atoms with van der Waals surface area (Å²) in [5.41, 5.74) is -0.513. The fourth-order valence-corrected chi connectivity index (χ4v) is 3.06. The average Bonchev–Trinajstić information content (AvgIpc) is 2.81. The van der Waals surface area contributed by atoms with Crippen LogP contribution in [0.2, 0.25) is 0 Å². The van der Waals surface area contributed by atoms with Crippen molar-refractivity contribution < 1.29 is 13.7 Å². The normalized spacial score (nSPS) is 10.8. The first-order valence-corrected chi connectivity index (χ1v) is 7.18. The van der Waals surface area contributed by atoms with Crippen molar-refractivity contribution in [3.05, 3.63) is 54.7 Å². The molecule has 1 aromatic carbocycles. The number of anilines is 1. The summed E-state index contributed by atoms with van der Waals surface area (Å²) in [5, 5.41) is 15.4. The highest BCUT2D eigenvalue weighted by Crippen LogP contribution is 2.32. The van der Waals surface area contributed by atoms with E-state index in [2.05, 4.69) is 21.2 Å². The van der Waals surface area contributed by atoms with E-state index in [1.165, 1.54) is 23.5 Å². The number of alkyl halides is 2. The third kappa shape index (κ3) is 3.31. The molecule has 20 heavy (non-hydrogen) atoms. The van der Waals surface area contributed by atoms with Crippen LogP contribution in [0.15, 0.2) is 34.1 Å². The molecule has 4 nitrogen and oxygen atoms in total. The van der Waals surface area contributed by atoms with Gasteiger partial charge in [-0.25, -0.2) is 8.78 Å². The van der Waals surface area contributed by atoms with Gasteiger partial charge in [0.25, 0.3) is 12.1 Å². The van der Waals surface area contributed by atoms with Crippen molar-refractivity contribution in [1.29, 1.82) is 0 Å². The lowest BCUT2D eigenvalue weighted by Crippen LogP contribution is -2.03. The lowest BCUT2D eigenvalue weighted by atomic mass is 10.1. The highest BCUT2D eigenvalue weighted by Gasteiger charge is 2.18. The number of halogens is 3. The molecule has 0 unspecified atom stereocenters. The van der Waals surface area contributed by atoms with Gasteiger partial charge in [0.15, 0.2) is 0 Å². The van der Waals surface area contributed by atoms with Gasteiger partial charge in [0.05, 0.1) is 11.5 Å². The topological polar surface area (TPSA) is 55.2 Å². The fourth-order valence-electron chi connectivity index (χ4n) is 1.63. The predicted octanol–water partition coefficient (Wildman–Crippen LogP) is 4.97. The van der Waals surface area contributed by atoms with Crippen LogP contribution in [0.25, 0.3) is 0 Å². The van der Waals surface area contributed by atoms with Crippen LogP contribution >= 0.6 is 27.3 Å². The number of rotatable bonds is 5. The van der Waals surface area contributed by atoms with Gasteiger partial charge >= 0.3 is 0 Å². The number of nitrogens with one attached hydrogen (secondary N) is 1. The van der Waals surface area contributed by atoms with E-state index in [-0.39, 0.29) is 16.9 Å². The van der Waals surface area contributed by atoms with Crippen LogP contribution < -0.4 is 5.32 Å². The lowest BCUT2D eigenvalue weighted by Gasteiger charge is -2.11. The first-order chi connectivity index (χ1) is 9.49. The molecule has 0 fully saturated rings. The van der Waals surface area contributed by atoms with Gasteiger partial charge in [-0.3, -0.25) is 10.1 Å². The number of benzene rings is 1. The Morgan fingerprint density at radius 2 is 2.15 bits per heavy atom. The van der Waals surface area contributed by atoms with E-state index in [1.54, 1.807) is 0 Å². The van der Waals surface area contributed by atoms with Crippen LogP contribution in [0.5, 0.6) is 0 Å². The molecule has 8 heteroatoms. The summed E-state index contributed by atoms with van der Waals surface area (Å²) in [6.07, 6.45) is -2.77. The summed E-state index contributed by atoms with van der Waals surface area (Å²) in [5.74, 6) is 0. The molecule has 1 heterocycles. The number of hydrogen-bond donors (Lipinski definition) is 1. The van der Waals surface area contributed by atoms with Crippen LogP contribution in [-0.2, 0) is 6.54 Å². The smallest absolute Gasteiger partial charge is 0.270 e. The summed E-state index contributed by atoms with van der Waals surface area (Å²) in [6, 6.07) is 5.28. The SMILES string of the molecule is O=[N+]([O-])c1ccc(NCc2sccc2Br)c(C(F)F)c1. The van der Waals surface area contributed by atoms with E-state index in [1.807, 2.05) is 11.4 Å². The Labute approximate surface area is 125 Å². The van der Waals surface area contributed by atoms with Crippen LogP contribution in [-0.4, -0.2) is 4.92 Å². The molecular formula is C12H9BrF2N2O2S. The number of nitro benzene ring substituents is 1. The first kappa shape index (κ1) is 14.9. The molecule has 0 radical (unpaired) electrons. The zero-order valence-corrected chi connectivity index (χ0v) is 12.4. The summed E-state index contributed by atoms with van der Waals surface area (Å²) in [4.78, 5) is 10.9. The number of non-ortho nitro benzene ring substituents is 1. The maximum absolute atomic E-state index is 12.9. The van der Waals surface area contributed by atoms with Gasteiger partial charge in [-0.1, -0.05) is 0 Å². The largest absolute Gasteiger partial charge is 0.380 e. The average molecular weight is 363 g/mol. The maximum atomic E-state index is 12.9. The first-order valence-electron chi connectivity index (χ1n) is 5.51. The number of thiophene rings is 1. The van der Waals surface area contributed by atoms with Gasteiger partial charge in [-0.05, 0) is 33.4 Å². The highest BCUT2D eigenvalue weighted by molar-refractivity contribution is 9.10. The minimum atomic E-state index is -2.77. The number of nitro groups is 1. The molecule has 1 aromatic heterocycles. The quantitative estimate of drug-likeness (QED) is 0.603. The Hall–Kier alpha value is -1.54. The van der Waals surface area contributed by atoms with Gasteiger partial charge in [-0.2, -0.15) is 0 Å². The fraction of sp³-hybridized carbons (Fsp3) is 0.167. The summed E-state index contributed by atoms with van der Waals surface area (Å²) in [6.45, 7) is 0.371. The maximum Gasteiger partial charge on any atom is 0.270 e. The van der Waals surface area contributed by atoms with E-state index in [0.717, 1.165) is 15.4 Å². The Balaban J connectivity index is 2.22. The van der Waals surface area contributed by atoms with Crippen molar-refractivity contribution in [1.82, 2.24) is 0 Å². The van der Waals surface area contributed by atoms with E-state index in [0.29, 0.717) is 6.54 Å². The molecule has 0 aliphatic rings. The molecule has 2 rings (SSSR count). The Morgan fingerprint density at radius 3 is 2.70 bits per heavy atom. The van der Waals surface area contributed by atoms with E-state index < -0.39 is 11.3 Å². The standard InChI is InChI=1S/C12H9BrF2N2O2S/c13-9-3-4-20-11(9)6-16-10-2-1-7(17(18)19)5-8(10)12(14)15/h1-5,12,16H,6H2. The van der Waals surface area contributed by atoms with Crippen molar-refractivity contribution >= 4 is 38.6 Å². The monoisotopic (exact) mass is 362 g/mol. The molecule has 0 aliphatic carbocycles. The third-order valence-electron chi connectivity index (χ3n) is 2.61. The molecule has 0 spiro atoms. The minimum absolute atomic E-state index is 0.200. The molecule has 1 N–H and O–H groups in total. The van der Waals surface area contributed by atoms with Crippen molar-refractivity contribution in [2.45, 2.75) is 13.0 Å². The van der Waals surface area contributed by atoms with Crippen molar-refractivity contribution in [3.8, 4) is 0 Å². The summed E-state index contributed by atoms with van der Waals surface area (Å²) < 4.78 is 26.8. The second-order valence-corrected chi connectivity index (χ2v) is 5.73. The van der Waals surface area contributed by atoms with Crippen molar-refractivity contribution in [2.24, 2.45) is 0 Å². The van der Waals surface area contributed by atoms with Crippen LogP contribution in [0, 0.1) is 10.1 Å². The van der Waals surface area contributed by atoms with Crippen LogP contribution in [0.4, 0.5) is 20.2 Å². The van der Waals surface area contributed by atoms with Crippen molar-refractivity contribution in [3.63, 3.8) is 0 Å². The Morgan fingerprint density at radius 1 is 1.40 bits per heavy atom. The van der Waals surface area contributed by atoms with Gasteiger partial charge in [0, 0.05) is 32.7 Å². The molecule has 0 saturated heterocycles. The Bertz CT molecular complexity index is 634. The number of nitrogens with zero attached hydrogens (tertiary/aromatic N) is 1. The van der Waals surface area contributed by atoms with Crippen molar-refractivity contribution in [2.75, 3.05) is 5.32 Å². The molecule has 106 valence electrons. The van der Waals surface area contributed by atoms with Gasteiger partial charge < -0.3 is 5.32 Å². The van der Waals surface area contributed by atoms with Crippen LogP contribution in [0.3, 0.4) is 0 Å². The second-order valence-electron chi connectivity index (χ2n) is 3.87. The summed E-state index contributed by atoms with van der Waals surface area (Å²) in [7, 11) is 0. The van der Waals surface area contributed by atoms with E-state index in [4.69, 9.17) is 0 Å².